The number of rotatable bonds is 5. The van der Waals surface area contributed by atoms with Gasteiger partial charge in [0.15, 0.2) is 0 Å². The molecule has 2 heteroatoms. The van der Waals surface area contributed by atoms with Crippen LogP contribution in [-0.2, 0) is 11.3 Å². The maximum atomic E-state index is 5.53. The summed E-state index contributed by atoms with van der Waals surface area (Å²) >= 11 is 0. The van der Waals surface area contributed by atoms with E-state index < -0.39 is 0 Å². The lowest BCUT2D eigenvalue weighted by Crippen LogP contribution is -2.18. The fourth-order valence-electron chi connectivity index (χ4n) is 2.78. The van der Waals surface area contributed by atoms with Gasteiger partial charge in [-0.2, -0.15) is 0 Å². The fraction of sp³-hybridized carbons (Fsp3) is 0.625. The predicted molar refractivity (Wildman–Crippen MR) is 76.8 cm³/mol. The van der Waals surface area contributed by atoms with Gasteiger partial charge >= 0.3 is 0 Å². The van der Waals surface area contributed by atoms with Crippen LogP contribution in [0.3, 0.4) is 0 Å². The second kappa shape index (κ2) is 5.75. The molecule has 1 unspecified atom stereocenters. The highest BCUT2D eigenvalue weighted by atomic mass is 16.5. The SMILES string of the molecule is CCOCc1ccccc1NC1CCC(C)(C)C1. The summed E-state index contributed by atoms with van der Waals surface area (Å²) in [6.07, 6.45) is 3.85. The number of benzene rings is 1. The van der Waals surface area contributed by atoms with Gasteiger partial charge in [0.25, 0.3) is 0 Å². The van der Waals surface area contributed by atoms with Crippen molar-refractivity contribution < 1.29 is 4.74 Å². The molecule has 0 bridgehead atoms. The molecule has 0 aromatic heterocycles. The van der Waals surface area contributed by atoms with E-state index in [0.717, 1.165) is 6.61 Å². The molecule has 0 radical (unpaired) electrons. The van der Waals surface area contributed by atoms with Crippen LogP contribution in [0.15, 0.2) is 24.3 Å². The molecule has 1 aliphatic carbocycles. The quantitative estimate of drug-likeness (QED) is 0.841. The van der Waals surface area contributed by atoms with Crippen LogP contribution in [0.1, 0.15) is 45.6 Å². The van der Waals surface area contributed by atoms with Crippen LogP contribution in [0.4, 0.5) is 5.69 Å². The normalized spacial score (nSPS) is 22.1. The zero-order valence-electron chi connectivity index (χ0n) is 11.8. The van der Waals surface area contributed by atoms with Crippen LogP contribution in [0, 0.1) is 5.41 Å². The number of hydrogen-bond donors (Lipinski definition) is 1. The molecule has 1 N–H and O–H groups in total. The molecule has 0 heterocycles. The Bertz CT molecular complexity index is 386. The molecular formula is C16H25NO. The van der Waals surface area contributed by atoms with E-state index in [4.69, 9.17) is 4.74 Å². The van der Waals surface area contributed by atoms with Gasteiger partial charge in [0.05, 0.1) is 6.61 Å². The molecule has 0 amide bonds. The number of ether oxygens (including phenoxy) is 1. The van der Waals surface area contributed by atoms with Gasteiger partial charge in [-0.25, -0.2) is 0 Å². The number of nitrogens with one attached hydrogen (secondary N) is 1. The molecular weight excluding hydrogens is 222 g/mol. The average molecular weight is 247 g/mol. The Morgan fingerprint density at radius 2 is 2.11 bits per heavy atom. The van der Waals surface area contributed by atoms with Gasteiger partial charge in [-0.1, -0.05) is 32.0 Å². The minimum absolute atomic E-state index is 0.493. The van der Waals surface area contributed by atoms with E-state index >= 15 is 0 Å². The highest BCUT2D eigenvalue weighted by Gasteiger charge is 2.30. The predicted octanol–water partition coefficient (Wildman–Crippen LogP) is 4.21. The third-order valence-electron chi connectivity index (χ3n) is 3.81. The molecule has 1 saturated carbocycles. The van der Waals surface area contributed by atoms with Crippen LogP contribution in [0.2, 0.25) is 0 Å². The molecule has 2 rings (SSSR count). The third-order valence-corrected chi connectivity index (χ3v) is 3.81. The standard InChI is InChI=1S/C16H25NO/c1-4-18-12-13-7-5-6-8-15(13)17-14-9-10-16(2,3)11-14/h5-8,14,17H,4,9-12H2,1-3H3. The number of para-hydroxylation sites is 1. The molecule has 0 spiro atoms. The van der Waals surface area contributed by atoms with Crippen LogP contribution < -0.4 is 5.32 Å². The lowest BCUT2D eigenvalue weighted by molar-refractivity contribution is 0.134. The Morgan fingerprint density at radius 1 is 1.33 bits per heavy atom. The first-order valence-corrected chi connectivity index (χ1v) is 7.03. The highest BCUT2D eigenvalue weighted by molar-refractivity contribution is 5.51. The lowest BCUT2D eigenvalue weighted by atomic mass is 9.92. The van der Waals surface area contributed by atoms with Crippen molar-refractivity contribution in [3.8, 4) is 0 Å². The Labute approximate surface area is 111 Å². The van der Waals surface area contributed by atoms with Gasteiger partial charge in [0.1, 0.15) is 0 Å². The van der Waals surface area contributed by atoms with Crippen molar-refractivity contribution in [2.75, 3.05) is 11.9 Å². The van der Waals surface area contributed by atoms with Crippen LogP contribution in [0.25, 0.3) is 0 Å². The van der Waals surface area contributed by atoms with Crippen LogP contribution in [0.5, 0.6) is 0 Å². The maximum absolute atomic E-state index is 5.53. The molecule has 1 aliphatic rings. The van der Waals surface area contributed by atoms with Crippen molar-refractivity contribution in [1.82, 2.24) is 0 Å². The van der Waals surface area contributed by atoms with Gasteiger partial charge in [-0.05, 0) is 37.7 Å². The van der Waals surface area contributed by atoms with Gasteiger partial charge in [-0.15, -0.1) is 0 Å². The molecule has 1 aromatic rings. The monoisotopic (exact) mass is 247 g/mol. The largest absolute Gasteiger partial charge is 0.382 e. The van der Waals surface area contributed by atoms with E-state index in [1.54, 1.807) is 0 Å². The van der Waals surface area contributed by atoms with E-state index in [1.807, 2.05) is 6.92 Å². The lowest BCUT2D eigenvalue weighted by Gasteiger charge is -2.20. The molecule has 1 fully saturated rings. The first-order valence-electron chi connectivity index (χ1n) is 7.03. The smallest absolute Gasteiger partial charge is 0.0736 e. The summed E-state index contributed by atoms with van der Waals surface area (Å²) in [7, 11) is 0. The van der Waals surface area contributed by atoms with E-state index in [2.05, 4.69) is 43.4 Å². The molecule has 18 heavy (non-hydrogen) atoms. The Hall–Kier alpha value is -1.02. The fourth-order valence-corrected chi connectivity index (χ4v) is 2.78. The van der Waals surface area contributed by atoms with E-state index in [9.17, 15) is 0 Å². The van der Waals surface area contributed by atoms with Crippen molar-refractivity contribution in [3.05, 3.63) is 29.8 Å². The molecule has 1 aromatic carbocycles. The zero-order valence-corrected chi connectivity index (χ0v) is 11.8. The van der Waals surface area contributed by atoms with Gasteiger partial charge < -0.3 is 10.1 Å². The Morgan fingerprint density at radius 3 is 2.78 bits per heavy atom. The van der Waals surface area contributed by atoms with Crippen molar-refractivity contribution in [2.24, 2.45) is 5.41 Å². The molecule has 100 valence electrons. The molecule has 0 saturated heterocycles. The maximum Gasteiger partial charge on any atom is 0.0736 e. The zero-order chi connectivity index (χ0) is 13.0. The van der Waals surface area contributed by atoms with Gasteiger partial charge in [0.2, 0.25) is 0 Å². The average Bonchev–Trinajstić information content (AvgIpc) is 2.68. The number of hydrogen-bond acceptors (Lipinski definition) is 2. The van der Waals surface area contributed by atoms with Crippen LogP contribution >= 0.6 is 0 Å². The second-order valence-electron chi connectivity index (χ2n) is 6.04. The number of anilines is 1. The second-order valence-corrected chi connectivity index (χ2v) is 6.04. The molecule has 0 aliphatic heterocycles. The minimum atomic E-state index is 0.493. The van der Waals surface area contributed by atoms with Crippen molar-refractivity contribution in [3.63, 3.8) is 0 Å². The molecule has 2 nitrogen and oxygen atoms in total. The minimum Gasteiger partial charge on any atom is -0.382 e. The van der Waals surface area contributed by atoms with E-state index in [-0.39, 0.29) is 0 Å². The summed E-state index contributed by atoms with van der Waals surface area (Å²) in [5.74, 6) is 0. The summed E-state index contributed by atoms with van der Waals surface area (Å²) in [5.41, 5.74) is 3.00. The summed E-state index contributed by atoms with van der Waals surface area (Å²) in [6.45, 7) is 8.23. The topological polar surface area (TPSA) is 21.3 Å². The van der Waals surface area contributed by atoms with Crippen molar-refractivity contribution in [1.29, 1.82) is 0 Å². The third kappa shape index (κ3) is 3.49. The van der Waals surface area contributed by atoms with Gasteiger partial charge in [0, 0.05) is 23.9 Å². The van der Waals surface area contributed by atoms with Crippen molar-refractivity contribution >= 4 is 5.69 Å². The van der Waals surface area contributed by atoms with Crippen molar-refractivity contribution in [2.45, 2.75) is 52.7 Å². The van der Waals surface area contributed by atoms with E-state index in [0.29, 0.717) is 18.1 Å². The highest BCUT2D eigenvalue weighted by Crippen LogP contribution is 2.38. The molecule has 1 atom stereocenters. The summed E-state index contributed by atoms with van der Waals surface area (Å²) in [5, 5.41) is 3.69. The van der Waals surface area contributed by atoms with Gasteiger partial charge in [-0.3, -0.25) is 0 Å². The summed E-state index contributed by atoms with van der Waals surface area (Å²) in [4.78, 5) is 0. The first kappa shape index (κ1) is 13.4. The Balaban J connectivity index is 2.00. The summed E-state index contributed by atoms with van der Waals surface area (Å²) < 4.78 is 5.53. The summed E-state index contributed by atoms with van der Waals surface area (Å²) in [6, 6.07) is 9.11. The van der Waals surface area contributed by atoms with Crippen LogP contribution in [-0.4, -0.2) is 12.6 Å². The van der Waals surface area contributed by atoms with E-state index in [1.165, 1.54) is 30.5 Å². The Kier molecular flexibility index (Phi) is 4.28. The first-order chi connectivity index (χ1) is 8.61.